The van der Waals surface area contributed by atoms with Crippen LogP contribution < -0.4 is 5.32 Å². The lowest BCUT2D eigenvalue weighted by molar-refractivity contribution is -0.138. The zero-order valence-electron chi connectivity index (χ0n) is 16.9. The molecule has 3 rings (SSSR count). The number of sulfonamides is 1. The third kappa shape index (κ3) is 4.69. The van der Waals surface area contributed by atoms with Crippen molar-refractivity contribution in [3.05, 3.63) is 11.4 Å². The summed E-state index contributed by atoms with van der Waals surface area (Å²) in [5.74, 6) is 0.481. The maximum atomic E-state index is 13.1. The lowest BCUT2D eigenvalue weighted by atomic mass is 9.93. The summed E-state index contributed by atoms with van der Waals surface area (Å²) < 4.78 is 27.6. The molecule has 160 valence electrons. The Balaban J connectivity index is 0.00000280. The monoisotopic (exact) mass is 433 g/mol. The Morgan fingerprint density at radius 1 is 1.21 bits per heavy atom. The van der Waals surface area contributed by atoms with Crippen molar-refractivity contribution < 1.29 is 13.2 Å². The molecule has 0 radical (unpaired) electrons. The molecule has 10 heteroatoms. The van der Waals surface area contributed by atoms with Gasteiger partial charge in [0.25, 0.3) is 0 Å². The van der Waals surface area contributed by atoms with Gasteiger partial charge in [0.1, 0.15) is 4.90 Å². The first-order valence-corrected chi connectivity index (χ1v) is 11.2. The number of aryl methyl sites for hydroxylation is 2. The molecule has 3 heterocycles. The van der Waals surface area contributed by atoms with Crippen LogP contribution in [0.5, 0.6) is 0 Å². The maximum Gasteiger partial charge on any atom is 0.246 e. The van der Waals surface area contributed by atoms with Crippen molar-refractivity contribution in [1.82, 2.24) is 24.7 Å². The number of H-pyrrole nitrogens is 1. The quantitative estimate of drug-likeness (QED) is 0.729. The SMILES string of the molecule is CNCC1CCN(C(=O)C2CCCN(S(=O)(=O)c3c(C)n[nH]c3C)C2)CC1.Cl. The van der Waals surface area contributed by atoms with Gasteiger partial charge in [0.15, 0.2) is 0 Å². The standard InChI is InChI=1S/C18H31N5O3S.ClH/c1-13-17(14(2)21-20-13)27(25,26)23-8-4-5-16(12-23)18(24)22-9-6-15(7-10-22)11-19-3;/h15-16,19H,4-12H2,1-3H3,(H,20,21);1H. The van der Waals surface area contributed by atoms with E-state index >= 15 is 0 Å². The highest BCUT2D eigenvalue weighted by Crippen LogP contribution is 2.28. The van der Waals surface area contributed by atoms with E-state index in [0.717, 1.165) is 38.9 Å². The van der Waals surface area contributed by atoms with E-state index in [1.165, 1.54) is 4.31 Å². The summed E-state index contributed by atoms with van der Waals surface area (Å²) in [6.45, 7) is 6.67. The summed E-state index contributed by atoms with van der Waals surface area (Å²) >= 11 is 0. The van der Waals surface area contributed by atoms with Gasteiger partial charge in [0, 0.05) is 26.2 Å². The number of amides is 1. The smallest absolute Gasteiger partial charge is 0.246 e. The molecule has 1 aromatic heterocycles. The molecule has 0 saturated carbocycles. The Morgan fingerprint density at radius 2 is 1.89 bits per heavy atom. The third-order valence-corrected chi connectivity index (χ3v) is 7.94. The first kappa shape index (κ1) is 23.1. The lowest BCUT2D eigenvalue weighted by Gasteiger charge is -2.37. The highest BCUT2D eigenvalue weighted by molar-refractivity contribution is 7.89. The number of carbonyl (C=O) groups is 1. The molecule has 2 fully saturated rings. The van der Waals surface area contributed by atoms with Crippen LogP contribution in [0.2, 0.25) is 0 Å². The predicted molar refractivity (Wildman–Crippen MR) is 110 cm³/mol. The molecular weight excluding hydrogens is 402 g/mol. The first-order valence-electron chi connectivity index (χ1n) is 9.79. The fourth-order valence-electron chi connectivity index (χ4n) is 4.32. The second-order valence-electron chi connectivity index (χ2n) is 7.79. The van der Waals surface area contributed by atoms with Crippen LogP contribution in [-0.2, 0) is 14.8 Å². The number of aromatic amines is 1. The van der Waals surface area contributed by atoms with Crippen LogP contribution in [0.3, 0.4) is 0 Å². The van der Waals surface area contributed by atoms with Gasteiger partial charge in [0.2, 0.25) is 15.9 Å². The van der Waals surface area contributed by atoms with E-state index in [1.807, 2.05) is 11.9 Å². The number of nitrogens with one attached hydrogen (secondary N) is 2. The van der Waals surface area contributed by atoms with Gasteiger partial charge in [-0.25, -0.2) is 8.42 Å². The minimum atomic E-state index is -3.63. The molecule has 2 aliphatic rings. The number of nitrogens with zero attached hydrogens (tertiary/aromatic N) is 3. The van der Waals surface area contributed by atoms with E-state index in [-0.39, 0.29) is 35.7 Å². The van der Waals surface area contributed by atoms with Crippen molar-refractivity contribution in [2.24, 2.45) is 11.8 Å². The summed E-state index contributed by atoms with van der Waals surface area (Å²) in [5.41, 5.74) is 1.03. The van der Waals surface area contributed by atoms with Gasteiger partial charge in [-0.2, -0.15) is 9.40 Å². The van der Waals surface area contributed by atoms with Crippen LogP contribution >= 0.6 is 12.4 Å². The molecule has 1 amide bonds. The minimum Gasteiger partial charge on any atom is -0.342 e. The van der Waals surface area contributed by atoms with Crippen molar-refractivity contribution in [3.63, 3.8) is 0 Å². The van der Waals surface area contributed by atoms with Gasteiger partial charge >= 0.3 is 0 Å². The van der Waals surface area contributed by atoms with Crippen LogP contribution in [0.4, 0.5) is 0 Å². The van der Waals surface area contributed by atoms with Crippen LogP contribution in [-0.4, -0.2) is 73.5 Å². The van der Waals surface area contributed by atoms with E-state index < -0.39 is 10.0 Å². The molecule has 0 bridgehead atoms. The molecule has 8 nitrogen and oxygen atoms in total. The van der Waals surface area contributed by atoms with Crippen molar-refractivity contribution in [1.29, 1.82) is 0 Å². The highest BCUT2D eigenvalue weighted by Gasteiger charge is 2.37. The second-order valence-corrected chi connectivity index (χ2v) is 9.67. The molecule has 28 heavy (non-hydrogen) atoms. The van der Waals surface area contributed by atoms with Gasteiger partial charge in [-0.05, 0) is 59.0 Å². The fraction of sp³-hybridized carbons (Fsp3) is 0.778. The van der Waals surface area contributed by atoms with Gasteiger partial charge in [-0.3, -0.25) is 9.89 Å². The number of carbonyl (C=O) groups excluding carboxylic acids is 1. The Kier molecular flexibility index (Phi) is 7.89. The zero-order chi connectivity index (χ0) is 19.6. The first-order chi connectivity index (χ1) is 12.8. The van der Waals surface area contributed by atoms with Crippen LogP contribution in [0.25, 0.3) is 0 Å². The molecule has 2 aliphatic heterocycles. The topological polar surface area (TPSA) is 98.4 Å². The van der Waals surface area contributed by atoms with E-state index in [0.29, 0.717) is 30.3 Å². The van der Waals surface area contributed by atoms with E-state index in [2.05, 4.69) is 15.5 Å². The lowest BCUT2D eigenvalue weighted by Crippen LogP contribution is -2.49. The average molecular weight is 434 g/mol. The second kappa shape index (κ2) is 9.56. The maximum absolute atomic E-state index is 13.1. The molecular formula is C18H32ClN5O3S. The van der Waals surface area contributed by atoms with Gasteiger partial charge in [-0.15, -0.1) is 12.4 Å². The third-order valence-electron chi connectivity index (χ3n) is 5.81. The van der Waals surface area contributed by atoms with Crippen molar-refractivity contribution in [3.8, 4) is 0 Å². The van der Waals surface area contributed by atoms with E-state index in [4.69, 9.17) is 0 Å². The minimum absolute atomic E-state index is 0. The molecule has 2 saturated heterocycles. The number of hydrogen-bond donors (Lipinski definition) is 2. The van der Waals surface area contributed by atoms with Crippen molar-refractivity contribution >= 4 is 28.3 Å². The molecule has 1 unspecified atom stereocenters. The molecule has 0 aliphatic carbocycles. The summed E-state index contributed by atoms with van der Waals surface area (Å²) in [7, 11) is -1.68. The van der Waals surface area contributed by atoms with Crippen molar-refractivity contribution in [2.45, 2.75) is 44.4 Å². The Morgan fingerprint density at radius 3 is 2.46 bits per heavy atom. The number of aromatic nitrogens is 2. The number of hydrogen-bond acceptors (Lipinski definition) is 5. The van der Waals surface area contributed by atoms with Crippen molar-refractivity contribution in [2.75, 3.05) is 39.8 Å². The average Bonchev–Trinajstić information content (AvgIpc) is 3.01. The molecule has 0 aromatic carbocycles. The number of halogens is 1. The zero-order valence-corrected chi connectivity index (χ0v) is 18.5. The molecule has 1 aromatic rings. The van der Waals surface area contributed by atoms with Crippen LogP contribution in [0.1, 0.15) is 37.1 Å². The van der Waals surface area contributed by atoms with Gasteiger partial charge < -0.3 is 10.2 Å². The number of rotatable bonds is 5. The summed E-state index contributed by atoms with van der Waals surface area (Å²) in [6.07, 6.45) is 3.48. The van der Waals surface area contributed by atoms with Crippen LogP contribution in [0, 0.1) is 25.7 Å². The largest absolute Gasteiger partial charge is 0.342 e. The summed E-state index contributed by atoms with van der Waals surface area (Å²) in [4.78, 5) is 15.2. The van der Waals surface area contributed by atoms with Gasteiger partial charge in [-0.1, -0.05) is 0 Å². The normalized spacial score (nSPS) is 22.1. The Hall–Kier alpha value is -1.16. The van der Waals surface area contributed by atoms with E-state index in [9.17, 15) is 13.2 Å². The van der Waals surface area contributed by atoms with Crippen LogP contribution in [0.15, 0.2) is 4.90 Å². The highest BCUT2D eigenvalue weighted by atomic mass is 35.5. The molecule has 0 spiro atoms. The van der Waals surface area contributed by atoms with Gasteiger partial charge in [0.05, 0.1) is 17.3 Å². The Bertz CT molecular complexity index is 755. The molecule has 2 N–H and O–H groups in total. The Labute approximate surface area is 173 Å². The summed E-state index contributed by atoms with van der Waals surface area (Å²) in [5, 5.41) is 9.97. The number of likely N-dealkylation sites (tertiary alicyclic amines) is 1. The summed E-state index contributed by atoms with van der Waals surface area (Å²) in [6, 6.07) is 0. The predicted octanol–water partition coefficient (Wildman–Crippen LogP) is 1.31. The fourth-order valence-corrected chi connectivity index (χ4v) is 6.17. The molecule has 1 atom stereocenters. The van der Waals surface area contributed by atoms with E-state index in [1.54, 1.807) is 13.8 Å². The number of piperidine rings is 2.